The fourth-order valence-corrected chi connectivity index (χ4v) is 2.40. The standard InChI is InChI=1S/C15H30N2O2/c1-5-9-16-10-8-13-7-6-11-17(12-13)14(18)19-15(2,3)4/h13,16H,5-12H2,1-4H3. The minimum atomic E-state index is -0.396. The molecule has 4 heteroatoms. The van der Waals surface area contributed by atoms with Gasteiger partial charge in [-0.05, 0) is 65.5 Å². The second-order valence-corrected chi connectivity index (χ2v) is 6.47. The number of hydrogen-bond acceptors (Lipinski definition) is 3. The van der Waals surface area contributed by atoms with E-state index in [2.05, 4.69) is 12.2 Å². The van der Waals surface area contributed by atoms with E-state index in [1.807, 2.05) is 25.7 Å². The van der Waals surface area contributed by atoms with Gasteiger partial charge in [0.1, 0.15) is 5.60 Å². The maximum Gasteiger partial charge on any atom is 0.410 e. The molecule has 0 spiro atoms. The van der Waals surface area contributed by atoms with Crippen molar-refractivity contribution in [2.45, 2.75) is 59.0 Å². The predicted molar refractivity (Wildman–Crippen MR) is 78.3 cm³/mol. The Morgan fingerprint density at radius 2 is 2.11 bits per heavy atom. The fraction of sp³-hybridized carbons (Fsp3) is 0.933. The lowest BCUT2D eigenvalue weighted by Crippen LogP contribution is -2.43. The smallest absolute Gasteiger partial charge is 0.410 e. The Kier molecular flexibility index (Phi) is 6.63. The maximum absolute atomic E-state index is 12.0. The van der Waals surface area contributed by atoms with Crippen molar-refractivity contribution in [1.82, 2.24) is 10.2 Å². The lowest BCUT2D eigenvalue weighted by Gasteiger charge is -2.34. The Bertz CT molecular complexity index is 274. The molecule has 112 valence electrons. The van der Waals surface area contributed by atoms with E-state index in [1.165, 1.54) is 12.8 Å². The minimum Gasteiger partial charge on any atom is -0.444 e. The molecule has 1 aliphatic heterocycles. The molecule has 0 aromatic heterocycles. The zero-order valence-electron chi connectivity index (χ0n) is 13.0. The van der Waals surface area contributed by atoms with Gasteiger partial charge in [0.2, 0.25) is 0 Å². The monoisotopic (exact) mass is 270 g/mol. The second-order valence-electron chi connectivity index (χ2n) is 6.47. The molecule has 1 aliphatic rings. The van der Waals surface area contributed by atoms with Crippen LogP contribution in [0.1, 0.15) is 53.4 Å². The van der Waals surface area contributed by atoms with Crippen LogP contribution < -0.4 is 5.32 Å². The van der Waals surface area contributed by atoms with Gasteiger partial charge in [0.15, 0.2) is 0 Å². The largest absolute Gasteiger partial charge is 0.444 e. The highest BCUT2D eigenvalue weighted by atomic mass is 16.6. The van der Waals surface area contributed by atoms with Gasteiger partial charge < -0.3 is 15.0 Å². The van der Waals surface area contributed by atoms with E-state index in [0.717, 1.165) is 39.0 Å². The van der Waals surface area contributed by atoms with Gasteiger partial charge >= 0.3 is 6.09 Å². The molecule has 19 heavy (non-hydrogen) atoms. The normalized spacial score (nSPS) is 20.4. The highest BCUT2D eigenvalue weighted by Gasteiger charge is 2.27. The van der Waals surface area contributed by atoms with Crippen molar-refractivity contribution in [2.24, 2.45) is 5.92 Å². The van der Waals surface area contributed by atoms with Crippen molar-refractivity contribution >= 4 is 6.09 Å². The van der Waals surface area contributed by atoms with Gasteiger partial charge in [-0.3, -0.25) is 0 Å². The predicted octanol–water partition coefficient (Wildman–Crippen LogP) is 3.02. The highest BCUT2D eigenvalue weighted by Crippen LogP contribution is 2.21. The summed E-state index contributed by atoms with van der Waals surface area (Å²) in [4.78, 5) is 13.9. The number of piperidine rings is 1. The van der Waals surface area contributed by atoms with Crippen LogP contribution in [0, 0.1) is 5.92 Å². The van der Waals surface area contributed by atoms with E-state index in [4.69, 9.17) is 4.74 Å². The summed E-state index contributed by atoms with van der Waals surface area (Å²) in [6.45, 7) is 11.8. The number of nitrogens with one attached hydrogen (secondary N) is 1. The summed E-state index contributed by atoms with van der Waals surface area (Å²) >= 11 is 0. The van der Waals surface area contributed by atoms with E-state index in [9.17, 15) is 4.79 Å². The number of amides is 1. The summed E-state index contributed by atoms with van der Waals surface area (Å²) < 4.78 is 5.44. The van der Waals surface area contributed by atoms with E-state index in [-0.39, 0.29) is 6.09 Å². The number of carbonyl (C=O) groups is 1. The van der Waals surface area contributed by atoms with E-state index < -0.39 is 5.60 Å². The molecule has 0 aliphatic carbocycles. The summed E-state index contributed by atoms with van der Waals surface area (Å²) in [5.74, 6) is 0.616. The number of rotatable bonds is 5. The van der Waals surface area contributed by atoms with Crippen molar-refractivity contribution in [3.05, 3.63) is 0 Å². The average Bonchev–Trinajstić information content (AvgIpc) is 2.33. The van der Waals surface area contributed by atoms with Gasteiger partial charge in [0.05, 0.1) is 0 Å². The van der Waals surface area contributed by atoms with Crippen LogP contribution in [0.5, 0.6) is 0 Å². The summed E-state index contributed by atoms with van der Waals surface area (Å²) in [6, 6.07) is 0. The molecule has 4 nitrogen and oxygen atoms in total. The Morgan fingerprint density at radius 3 is 2.74 bits per heavy atom. The highest BCUT2D eigenvalue weighted by molar-refractivity contribution is 5.68. The van der Waals surface area contributed by atoms with Crippen LogP contribution in [0.25, 0.3) is 0 Å². The van der Waals surface area contributed by atoms with Crippen molar-refractivity contribution in [3.63, 3.8) is 0 Å². The van der Waals surface area contributed by atoms with Crippen LogP contribution in [0.4, 0.5) is 4.79 Å². The van der Waals surface area contributed by atoms with Gasteiger partial charge in [0.25, 0.3) is 0 Å². The fourth-order valence-electron chi connectivity index (χ4n) is 2.40. The van der Waals surface area contributed by atoms with Crippen molar-refractivity contribution in [3.8, 4) is 0 Å². The van der Waals surface area contributed by atoms with Gasteiger partial charge in [0, 0.05) is 13.1 Å². The van der Waals surface area contributed by atoms with Gasteiger partial charge in [-0.1, -0.05) is 6.92 Å². The third-order valence-electron chi connectivity index (χ3n) is 3.33. The number of ether oxygens (including phenoxy) is 1. The zero-order chi connectivity index (χ0) is 14.3. The van der Waals surface area contributed by atoms with Gasteiger partial charge in [-0.2, -0.15) is 0 Å². The molecular weight excluding hydrogens is 240 g/mol. The van der Waals surface area contributed by atoms with Gasteiger partial charge in [-0.25, -0.2) is 4.79 Å². The first kappa shape index (κ1) is 16.3. The minimum absolute atomic E-state index is 0.154. The summed E-state index contributed by atoms with van der Waals surface area (Å²) in [6.07, 6.45) is 4.50. The van der Waals surface area contributed by atoms with Crippen molar-refractivity contribution in [1.29, 1.82) is 0 Å². The third-order valence-corrected chi connectivity index (χ3v) is 3.33. The Balaban J connectivity index is 2.31. The van der Waals surface area contributed by atoms with E-state index >= 15 is 0 Å². The van der Waals surface area contributed by atoms with E-state index in [1.54, 1.807) is 0 Å². The molecule has 1 heterocycles. The van der Waals surface area contributed by atoms with Crippen LogP contribution in [0.3, 0.4) is 0 Å². The molecule has 1 amide bonds. The Morgan fingerprint density at radius 1 is 1.37 bits per heavy atom. The first-order valence-electron chi connectivity index (χ1n) is 7.61. The molecule has 0 aromatic carbocycles. The topological polar surface area (TPSA) is 41.6 Å². The molecule has 0 aromatic rings. The second kappa shape index (κ2) is 7.73. The van der Waals surface area contributed by atoms with E-state index in [0.29, 0.717) is 5.92 Å². The summed E-state index contributed by atoms with van der Waals surface area (Å²) in [5, 5.41) is 3.43. The first-order valence-corrected chi connectivity index (χ1v) is 7.61. The molecule has 1 saturated heterocycles. The van der Waals surface area contributed by atoms with Crippen LogP contribution in [-0.2, 0) is 4.74 Å². The maximum atomic E-state index is 12.0. The Labute approximate surface area is 117 Å². The number of carbonyl (C=O) groups excluding carboxylic acids is 1. The molecule has 0 bridgehead atoms. The lowest BCUT2D eigenvalue weighted by molar-refractivity contribution is 0.0162. The molecule has 0 radical (unpaired) electrons. The number of hydrogen-bond donors (Lipinski definition) is 1. The number of likely N-dealkylation sites (tertiary alicyclic amines) is 1. The SMILES string of the molecule is CCCNCCC1CCCN(C(=O)OC(C)(C)C)C1. The number of nitrogens with zero attached hydrogens (tertiary/aromatic N) is 1. The van der Waals surface area contributed by atoms with Crippen LogP contribution in [0.15, 0.2) is 0 Å². The average molecular weight is 270 g/mol. The van der Waals surface area contributed by atoms with Crippen molar-refractivity contribution < 1.29 is 9.53 Å². The molecule has 1 atom stereocenters. The molecular formula is C15H30N2O2. The molecule has 1 fully saturated rings. The molecule has 1 N–H and O–H groups in total. The summed E-state index contributed by atoms with van der Waals surface area (Å²) in [5.41, 5.74) is -0.396. The molecule has 0 saturated carbocycles. The van der Waals surface area contributed by atoms with Crippen LogP contribution >= 0.6 is 0 Å². The van der Waals surface area contributed by atoms with Crippen LogP contribution in [-0.4, -0.2) is 42.8 Å². The first-order chi connectivity index (χ1) is 8.92. The zero-order valence-corrected chi connectivity index (χ0v) is 13.0. The molecule has 1 unspecified atom stereocenters. The van der Waals surface area contributed by atoms with Crippen LogP contribution in [0.2, 0.25) is 0 Å². The quantitative estimate of drug-likeness (QED) is 0.781. The van der Waals surface area contributed by atoms with Gasteiger partial charge in [-0.15, -0.1) is 0 Å². The molecule has 1 rings (SSSR count). The summed E-state index contributed by atoms with van der Waals surface area (Å²) in [7, 11) is 0. The Hall–Kier alpha value is -0.770. The van der Waals surface area contributed by atoms with Crippen molar-refractivity contribution in [2.75, 3.05) is 26.2 Å². The third kappa shape index (κ3) is 6.81. The lowest BCUT2D eigenvalue weighted by atomic mass is 9.95.